The fraction of sp³-hybridized carbons (Fsp3) is 0.333. The number of rotatable bonds is 2. The highest BCUT2D eigenvalue weighted by molar-refractivity contribution is 7.10. The minimum atomic E-state index is 0.103. The summed E-state index contributed by atoms with van der Waals surface area (Å²) in [6.07, 6.45) is 4.01. The van der Waals surface area contributed by atoms with Crippen LogP contribution < -0.4 is 0 Å². The van der Waals surface area contributed by atoms with Crippen molar-refractivity contribution in [2.24, 2.45) is 0 Å². The van der Waals surface area contributed by atoms with Crippen LogP contribution in [0, 0.1) is 6.92 Å². The van der Waals surface area contributed by atoms with Gasteiger partial charge in [-0.2, -0.15) is 0 Å². The van der Waals surface area contributed by atoms with E-state index in [1.165, 1.54) is 4.88 Å². The molecule has 0 spiro atoms. The summed E-state index contributed by atoms with van der Waals surface area (Å²) in [6.45, 7) is 3.56. The minimum Gasteiger partial charge on any atom is -0.337 e. The van der Waals surface area contributed by atoms with Crippen molar-refractivity contribution >= 4 is 22.9 Å². The van der Waals surface area contributed by atoms with Crippen molar-refractivity contribution in [2.75, 3.05) is 13.1 Å². The van der Waals surface area contributed by atoms with E-state index in [-0.39, 0.29) is 5.91 Å². The molecular weight excluding hydrogens is 306 g/mol. The molecule has 4 nitrogen and oxygen atoms in total. The van der Waals surface area contributed by atoms with Gasteiger partial charge in [-0.1, -0.05) is 12.1 Å². The molecular formula is C18H19N3OS. The van der Waals surface area contributed by atoms with Crippen LogP contribution in [0.3, 0.4) is 0 Å². The molecule has 1 amide bonds. The third kappa shape index (κ3) is 2.55. The molecule has 0 bridgehead atoms. The Morgan fingerprint density at radius 3 is 2.78 bits per heavy atom. The van der Waals surface area contributed by atoms with Gasteiger partial charge < -0.3 is 4.90 Å². The van der Waals surface area contributed by atoms with Crippen LogP contribution in [0.2, 0.25) is 0 Å². The maximum Gasteiger partial charge on any atom is 0.272 e. The molecule has 4 heterocycles. The van der Waals surface area contributed by atoms with Gasteiger partial charge in [-0.05, 0) is 49.3 Å². The standard InChI is InChI=1S/C18H19N3OS/c1-13-17(21-9-3-2-6-16(21)19-13)18(22)20-10-7-14(8-11-20)15-5-4-12-23-15/h2-6,9,12,14H,7-8,10-11H2,1H3. The van der Waals surface area contributed by atoms with Crippen molar-refractivity contribution in [3.8, 4) is 0 Å². The number of likely N-dealkylation sites (tertiary alicyclic amines) is 1. The Morgan fingerprint density at radius 1 is 1.22 bits per heavy atom. The molecule has 0 aromatic carbocycles. The Balaban J connectivity index is 1.55. The van der Waals surface area contributed by atoms with E-state index in [0.717, 1.165) is 37.3 Å². The topological polar surface area (TPSA) is 37.6 Å². The van der Waals surface area contributed by atoms with Crippen molar-refractivity contribution < 1.29 is 4.79 Å². The maximum atomic E-state index is 13.0. The van der Waals surface area contributed by atoms with Gasteiger partial charge in [-0.3, -0.25) is 9.20 Å². The van der Waals surface area contributed by atoms with E-state index >= 15 is 0 Å². The first-order chi connectivity index (χ1) is 11.2. The van der Waals surface area contributed by atoms with Crippen LogP contribution in [0.15, 0.2) is 41.9 Å². The predicted molar refractivity (Wildman–Crippen MR) is 92.1 cm³/mol. The number of fused-ring (bicyclic) bond motifs is 1. The van der Waals surface area contributed by atoms with Crippen molar-refractivity contribution in [3.63, 3.8) is 0 Å². The smallest absolute Gasteiger partial charge is 0.272 e. The SMILES string of the molecule is Cc1nc2ccccn2c1C(=O)N1CCC(c2cccs2)CC1. The van der Waals surface area contributed by atoms with Gasteiger partial charge in [0.2, 0.25) is 0 Å². The van der Waals surface area contributed by atoms with Crippen LogP contribution in [0.1, 0.15) is 39.8 Å². The second-order valence-corrected chi connectivity index (χ2v) is 7.04. The summed E-state index contributed by atoms with van der Waals surface area (Å²) in [4.78, 5) is 20.9. The molecule has 5 heteroatoms. The highest BCUT2D eigenvalue weighted by Crippen LogP contribution is 2.31. The van der Waals surface area contributed by atoms with Gasteiger partial charge in [0, 0.05) is 24.2 Å². The summed E-state index contributed by atoms with van der Waals surface area (Å²) < 4.78 is 1.91. The zero-order valence-corrected chi connectivity index (χ0v) is 13.9. The van der Waals surface area contributed by atoms with Gasteiger partial charge in [0.15, 0.2) is 0 Å². The third-order valence-electron chi connectivity index (χ3n) is 4.63. The lowest BCUT2D eigenvalue weighted by molar-refractivity contribution is 0.0706. The van der Waals surface area contributed by atoms with E-state index < -0.39 is 0 Å². The summed E-state index contributed by atoms with van der Waals surface area (Å²) in [5.74, 6) is 0.702. The van der Waals surface area contributed by atoms with Gasteiger partial charge >= 0.3 is 0 Å². The second kappa shape index (κ2) is 5.81. The van der Waals surface area contributed by atoms with Crippen LogP contribution >= 0.6 is 11.3 Å². The van der Waals surface area contributed by atoms with E-state index in [1.54, 1.807) is 0 Å². The number of aromatic nitrogens is 2. The van der Waals surface area contributed by atoms with Gasteiger partial charge in [0.1, 0.15) is 11.3 Å². The number of pyridine rings is 1. The first-order valence-electron chi connectivity index (χ1n) is 8.00. The van der Waals surface area contributed by atoms with Crippen molar-refractivity contribution in [1.82, 2.24) is 14.3 Å². The van der Waals surface area contributed by atoms with Gasteiger partial charge in [0.05, 0.1) is 5.69 Å². The van der Waals surface area contributed by atoms with Crippen LogP contribution in [0.25, 0.3) is 5.65 Å². The zero-order valence-electron chi connectivity index (χ0n) is 13.1. The van der Waals surface area contributed by atoms with Crippen molar-refractivity contribution in [3.05, 3.63) is 58.2 Å². The molecule has 0 radical (unpaired) electrons. The lowest BCUT2D eigenvalue weighted by Crippen LogP contribution is -2.38. The summed E-state index contributed by atoms with van der Waals surface area (Å²) in [5, 5.41) is 2.13. The summed E-state index contributed by atoms with van der Waals surface area (Å²) in [5.41, 5.74) is 2.35. The Kier molecular flexibility index (Phi) is 3.65. The Bertz CT molecular complexity index is 829. The van der Waals surface area contributed by atoms with Gasteiger partial charge in [0.25, 0.3) is 5.91 Å². The second-order valence-electron chi connectivity index (χ2n) is 6.06. The fourth-order valence-electron chi connectivity index (χ4n) is 3.41. The summed E-state index contributed by atoms with van der Waals surface area (Å²) >= 11 is 1.82. The van der Waals surface area contributed by atoms with Gasteiger partial charge in [-0.15, -0.1) is 11.3 Å². The Morgan fingerprint density at radius 2 is 2.04 bits per heavy atom. The highest BCUT2D eigenvalue weighted by atomic mass is 32.1. The number of carbonyl (C=O) groups is 1. The number of amides is 1. The van der Waals surface area contributed by atoms with E-state index in [2.05, 4.69) is 22.5 Å². The summed E-state index contributed by atoms with van der Waals surface area (Å²) in [6, 6.07) is 10.1. The van der Waals surface area contributed by atoms with Crippen molar-refractivity contribution in [2.45, 2.75) is 25.7 Å². The quantitative estimate of drug-likeness (QED) is 0.720. The fourth-order valence-corrected chi connectivity index (χ4v) is 4.31. The van der Waals surface area contributed by atoms with Crippen LogP contribution in [0.4, 0.5) is 0 Å². The molecule has 1 fully saturated rings. The molecule has 0 atom stereocenters. The summed E-state index contributed by atoms with van der Waals surface area (Å²) in [7, 11) is 0. The van der Waals surface area contributed by atoms with Gasteiger partial charge in [-0.25, -0.2) is 4.98 Å². The zero-order chi connectivity index (χ0) is 15.8. The monoisotopic (exact) mass is 325 g/mol. The number of hydrogen-bond donors (Lipinski definition) is 0. The van der Waals surface area contributed by atoms with Crippen molar-refractivity contribution in [1.29, 1.82) is 0 Å². The Hall–Kier alpha value is -2.14. The normalized spacial score (nSPS) is 16.1. The molecule has 118 valence electrons. The molecule has 23 heavy (non-hydrogen) atoms. The largest absolute Gasteiger partial charge is 0.337 e. The maximum absolute atomic E-state index is 13.0. The molecule has 0 aliphatic carbocycles. The lowest BCUT2D eigenvalue weighted by Gasteiger charge is -2.31. The number of carbonyl (C=O) groups excluding carboxylic acids is 1. The molecule has 3 aromatic rings. The molecule has 0 unspecified atom stereocenters. The molecule has 3 aromatic heterocycles. The highest BCUT2D eigenvalue weighted by Gasteiger charge is 2.27. The Labute approximate surface area is 139 Å². The minimum absolute atomic E-state index is 0.103. The number of thiophene rings is 1. The van der Waals surface area contributed by atoms with E-state index in [4.69, 9.17) is 0 Å². The molecule has 1 aliphatic rings. The lowest BCUT2D eigenvalue weighted by atomic mass is 9.95. The number of imidazole rings is 1. The first-order valence-corrected chi connectivity index (χ1v) is 8.88. The number of aryl methyl sites for hydroxylation is 1. The average Bonchev–Trinajstić information content (AvgIpc) is 3.21. The van der Waals surface area contributed by atoms with Crippen LogP contribution in [0.5, 0.6) is 0 Å². The predicted octanol–water partition coefficient (Wildman–Crippen LogP) is 3.72. The number of hydrogen-bond acceptors (Lipinski definition) is 3. The van der Waals surface area contributed by atoms with E-state index in [9.17, 15) is 4.79 Å². The van der Waals surface area contributed by atoms with E-state index in [1.807, 2.05) is 52.0 Å². The molecule has 0 N–H and O–H groups in total. The van der Waals surface area contributed by atoms with Crippen LogP contribution in [-0.2, 0) is 0 Å². The third-order valence-corrected chi connectivity index (χ3v) is 5.67. The number of piperidine rings is 1. The first kappa shape index (κ1) is 14.5. The number of nitrogens with zero attached hydrogens (tertiary/aromatic N) is 3. The average molecular weight is 325 g/mol. The molecule has 1 aliphatic heterocycles. The molecule has 1 saturated heterocycles. The molecule has 0 saturated carbocycles. The van der Waals surface area contributed by atoms with Crippen LogP contribution in [-0.4, -0.2) is 33.3 Å². The molecule has 4 rings (SSSR count). The van der Waals surface area contributed by atoms with E-state index in [0.29, 0.717) is 11.6 Å².